The predicted octanol–water partition coefficient (Wildman–Crippen LogP) is 5.70. The van der Waals surface area contributed by atoms with Crippen LogP contribution in [0.3, 0.4) is 0 Å². The van der Waals surface area contributed by atoms with Gasteiger partial charge in [0.15, 0.2) is 0 Å². The highest BCUT2D eigenvalue weighted by atomic mass is 35.5. The van der Waals surface area contributed by atoms with Gasteiger partial charge in [0.2, 0.25) is 11.8 Å². The summed E-state index contributed by atoms with van der Waals surface area (Å²) in [6, 6.07) is 11.1. The summed E-state index contributed by atoms with van der Waals surface area (Å²) >= 11 is 13.4. The van der Waals surface area contributed by atoms with E-state index in [4.69, 9.17) is 23.2 Å². The molecule has 1 unspecified atom stereocenters. The predicted molar refractivity (Wildman–Crippen MR) is 127 cm³/mol. The maximum atomic E-state index is 14.0. The molecular formula is C23H27Cl2FN2O2S. The summed E-state index contributed by atoms with van der Waals surface area (Å²) in [5.74, 6) is -0.453. The number of nitrogens with zero attached hydrogens (tertiary/aromatic N) is 1. The van der Waals surface area contributed by atoms with Crippen LogP contribution in [0, 0.1) is 5.82 Å². The van der Waals surface area contributed by atoms with Gasteiger partial charge in [0, 0.05) is 34.5 Å². The van der Waals surface area contributed by atoms with Gasteiger partial charge < -0.3 is 10.2 Å². The fraction of sp³-hybridized carbons (Fsp3) is 0.391. The summed E-state index contributed by atoms with van der Waals surface area (Å²) in [5.41, 5.74) is 1.20. The molecule has 2 aromatic rings. The quantitative estimate of drug-likeness (QED) is 0.416. The third-order valence-corrected chi connectivity index (χ3v) is 6.31. The summed E-state index contributed by atoms with van der Waals surface area (Å²) in [6.45, 7) is 4.58. The number of carbonyl (C=O) groups excluding carboxylic acids is 2. The Labute approximate surface area is 197 Å². The van der Waals surface area contributed by atoms with Gasteiger partial charge in [-0.15, -0.1) is 11.8 Å². The number of nitrogens with one attached hydrogen (secondary N) is 1. The molecule has 0 aliphatic rings. The average Bonchev–Trinajstić information content (AvgIpc) is 2.73. The van der Waals surface area contributed by atoms with Crippen molar-refractivity contribution < 1.29 is 14.0 Å². The first-order valence-corrected chi connectivity index (χ1v) is 12.1. The number of rotatable bonds is 11. The minimum absolute atomic E-state index is 0.0950. The van der Waals surface area contributed by atoms with Crippen molar-refractivity contribution in [3.05, 3.63) is 69.5 Å². The molecule has 4 nitrogen and oxygen atoms in total. The smallest absolute Gasteiger partial charge is 0.242 e. The van der Waals surface area contributed by atoms with Crippen LogP contribution in [0.15, 0.2) is 42.5 Å². The van der Waals surface area contributed by atoms with Crippen LogP contribution in [0.4, 0.5) is 4.39 Å². The molecule has 2 amide bonds. The van der Waals surface area contributed by atoms with Gasteiger partial charge in [0.25, 0.3) is 0 Å². The molecule has 0 radical (unpaired) electrons. The molecule has 1 N–H and O–H groups in total. The number of halogens is 3. The number of thioether (sulfide) groups is 1. The van der Waals surface area contributed by atoms with Crippen molar-refractivity contribution in [1.82, 2.24) is 10.2 Å². The zero-order chi connectivity index (χ0) is 22.8. The normalized spacial score (nSPS) is 11.8. The molecule has 0 aromatic heterocycles. The Morgan fingerprint density at radius 3 is 2.61 bits per heavy atom. The first kappa shape index (κ1) is 25.5. The fourth-order valence-electron chi connectivity index (χ4n) is 2.94. The minimum Gasteiger partial charge on any atom is -0.354 e. The molecular weight excluding hydrogens is 458 g/mol. The largest absolute Gasteiger partial charge is 0.354 e. The molecule has 0 spiro atoms. The zero-order valence-electron chi connectivity index (χ0n) is 17.7. The van der Waals surface area contributed by atoms with Crippen LogP contribution >= 0.6 is 35.0 Å². The van der Waals surface area contributed by atoms with Crippen molar-refractivity contribution in [2.24, 2.45) is 0 Å². The third-order valence-electron chi connectivity index (χ3n) is 4.77. The van der Waals surface area contributed by atoms with Gasteiger partial charge in [-0.2, -0.15) is 0 Å². The van der Waals surface area contributed by atoms with E-state index < -0.39 is 11.9 Å². The fourth-order valence-corrected chi connectivity index (χ4v) is 4.41. The minimum atomic E-state index is -0.652. The van der Waals surface area contributed by atoms with Crippen molar-refractivity contribution in [3.8, 4) is 0 Å². The van der Waals surface area contributed by atoms with E-state index in [1.165, 1.54) is 22.7 Å². The van der Waals surface area contributed by atoms with Crippen LogP contribution in [0.5, 0.6) is 0 Å². The molecule has 0 saturated heterocycles. The van der Waals surface area contributed by atoms with E-state index in [0.717, 1.165) is 18.4 Å². The average molecular weight is 485 g/mol. The molecule has 2 rings (SSSR count). The Morgan fingerprint density at radius 2 is 1.94 bits per heavy atom. The van der Waals surface area contributed by atoms with Gasteiger partial charge in [-0.25, -0.2) is 4.39 Å². The lowest BCUT2D eigenvalue weighted by Crippen LogP contribution is -2.48. The van der Waals surface area contributed by atoms with Crippen LogP contribution in [0.25, 0.3) is 0 Å². The number of hydrogen-bond donors (Lipinski definition) is 1. The Hall–Kier alpha value is -1.76. The van der Waals surface area contributed by atoms with Crippen LogP contribution < -0.4 is 5.32 Å². The number of amides is 2. The maximum absolute atomic E-state index is 14.0. The lowest BCUT2D eigenvalue weighted by molar-refractivity contribution is -0.138. The van der Waals surface area contributed by atoms with Crippen molar-refractivity contribution in [2.75, 3.05) is 12.3 Å². The molecule has 31 heavy (non-hydrogen) atoms. The number of benzene rings is 2. The molecule has 0 heterocycles. The molecule has 2 aromatic carbocycles. The summed E-state index contributed by atoms with van der Waals surface area (Å²) in [5, 5.41) is 3.78. The Bertz CT molecular complexity index is 877. The van der Waals surface area contributed by atoms with Crippen LogP contribution in [0.2, 0.25) is 10.0 Å². The molecule has 0 aliphatic heterocycles. The van der Waals surface area contributed by atoms with Crippen LogP contribution in [-0.2, 0) is 21.9 Å². The topological polar surface area (TPSA) is 49.4 Å². The van der Waals surface area contributed by atoms with Crippen molar-refractivity contribution in [3.63, 3.8) is 0 Å². The molecule has 0 aliphatic carbocycles. The van der Waals surface area contributed by atoms with Gasteiger partial charge in [-0.05, 0) is 43.2 Å². The standard InChI is InChI=1S/C23H27Cl2FN2O2S/c1-3-4-11-27-23(30)16(2)28(13-17-7-5-8-18(24)12-17)22(29)15-31-14-19-20(25)9-6-10-21(19)26/h5-10,12,16H,3-4,11,13-15H2,1-2H3,(H,27,30). The molecule has 1 atom stereocenters. The summed E-state index contributed by atoms with van der Waals surface area (Å²) < 4.78 is 14.0. The second-order valence-corrected chi connectivity index (χ2v) is 8.99. The van der Waals surface area contributed by atoms with E-state index in [-0.39, 0.29) is 29.9 Å². The summed E-state index contributed by atoms with van der Waals surface area (Å²) in [7, 11) is 0. The lowest BCUT2D eigenvalue weighted by Gasteiger charge is -2.29. The van der Waals surface area contributed by atoms with E-state index in [0.29, 0.717) is 22.2 Å². The SMILES string of the molecule is CCCCNC(=O)C(C)N(Cc1cccc(Cl)c1)C(=O)CSCc1c(F)cccc1Cl. The van der Waals surface area contributed by atoms with E-state index in [9.17, 15) is 14.0 Å². The monoisotopic (exact) mass is 484 g/mol. The van der Waals surface area contributed by atoms with E-state index in [1.54, 1.807) is 37.3 Å². The van der Waals surface area contributed by atoms with Crippen molar-refractivity contribution in [1.29, 1.82) is 0 Å². The Balaban J connectivity index is 2.08. The number of carbonyl (C=O) groups is 2. The van der Waals surface area contributed by atoms with E-state index in [1.807, 2.05) is 13.0 Å². The third kappa shape index (κ3) is 8.02. The lowest BCUT2D eigenvalue weighted by atomic mass is 10.1. The molecule has 168 valence electrons. The molecule has 0 saturated carbocycles. The Kier molecular flexibility index (Phi) is 10.6. The van der Waals surface area contributed by atoms with Crippen molar-refractivity contribution in [2.45, 2.75) is 45.0 Å². The van der Waals surface area contributed by atoms with E-state index >= 15 is 0 Å². The summed E-state index contributed by atoms with van der Waals surface area (Å²) in [6.07, 6.45) is 1.84. The number of unbranched alkanes of at least 4 members (excludes halogenated alkanes) is 1. The van der Waals surface area contributed by atoms with Crippen LogP contribution in [-0.4, -0.2) is 35.1 Å². The first-order valence-electron chi connectivity index (χ1n) is 10.2. The highest BCUT2D eigenvalue weighted by Crippen LogP contribution is 2.24. The van der Waals surface area contributed by atoms with E-state index in [2.05, 4.69) is 5.32 Å². The van der Waals surface area contributed by atoms with Crippen LogP contribution in [0.1, 0.15) is 37.8 Å². The maximum Gasteiger partial charge on any atom is 0.242 e. The van der Waals surface area contributed by atoms with Gasteiger partial charge in [0.05, 0.1) is 5.75 Å². The van der Waals surface area contributed by atoms with Gasteiger partial charge in [0.1, 0.15) is 11.9 Å². The number of hydrogen-bond acceptors (Lipinski definition) is 3. The van der Waals surface area contributed by atoms with Crippen molar-refractivity contribution >= 4 is 46.8 Å². The highest BCUT2D eigenvalue weighted by molar-refractivity contribution is 7.99. The molecule has 0 fully saturated rings. The highest BCUT2D eigenvalue weighted by Gasteiger charge is 2.26. The summed E-state index contributed by atoms with van der Waals surface area (Å²) in [4.78, 5) is 27.2. The van der Waals surface area contributed by atoms with Gasteiger partial charge >= 0.3 is 0 Å². The Morgan fingerprint density at radius 1 is 1.19 bits per heavy atom. The molecule has 0 bridgehead atoms. The second-order valence-electron chi connectivity index (χ2n) is 7.17. The molecule has 8 heteroatoms. The van der Waals surface area contributed by atoms with Gasteiger partial charge in [-0.1, -0.05) is 54.7 Å². The zero-order valence-corrected chi connectivity index (χ0v) is 20.0. The first-order chi connectivity index (χ1) is 14.8. The van der Waals surface area contributed by atoms with Gasteiger partial charge in [-0.3, -0.25) is 9.59 Å². The second kappa shape index (κ2) is 12.9.